The zero-order valence-electron chi connectivity index (χ0n) is 17.6. The fraction of sp³-hybridized carbons (Fsp3) is 0.727. The van der Waals surface area contributed by atoms with Crippen molar-refractivity contribution in [1.82, 2.24) is 9.13 Å². The molecule has 146 valence electrons. The molecule has 0 radical (unpaired) electrons. The lowest BCUT2D eigenvalue weighted by molar-refractivity contribution is -0.677. The summed E-state index contributed by atoms with van der Waals surface area (Å²) in [6.07, 6.45) is 22.5. The average Bonchev–Trinajstić information content (AvgIpc) is 3.12. The molecule has 0 unspecified atom stereocenters. The van der Waals surface area contributed by atoms with Crippen molar-refractivity contribution in [3.8, 4) is 0 Å². The van der Waals surface area contributed by atoms with Crippen LogP contribution in [-0.4, -0.2) is 9.13 Å². The molecule has 0 aliphatic rings. The molecule has 0 fully saturated rings. The Bertz CT molecular complexity index is 582. The van der Waals surface area contributed by atoms with Gasteiger partial charge in [0.15, 0.2) is 0 Å². The van der Waals surface area contributed by atoms with Gasteiger partial charge in [0.05, 0.1) is 27.2 Å². The lowest BCUT2D eigenvalue weighted by Crippen LogP contribution is -2.29. The molecule has 0 atom stereocenters. The van der Waals surface area contributed by atoms with Gasteiger partial charge in [-0.15, -0.1) is 0 Å². The van der Waals surface area contributed by atoms with Gasteiger partial charge in [-0.3, -0.25) is 0 Å². The molecule has 4 heteroatoms. The fourth-order valence-corrected chi connectivity index (χ4v) is 3.65. The third-order valence-corrected chi connectivity index (χ3v) is 5.84. The Morgan fingerprint density at radius 2 is 0.885 bits per heavy atom. The molecule has 0 aliphatic heterocycles. The van der Waals surface area contributed by atoms with Crippen molar-refractivity contribution in [3.05, 3.63) is 36.4 Å². The molecular weight excluding hydrogens is 320 g/mol. The Hall–Kier alpha value is -1.58. The van der Waals surface area contributed by atoms with Crippen LogP contribution in [-0.2, 0) is 27.2 Å². The predicted octanol–water partition coefficient (Wildman–Crippen LogP) is 4.16. The van der Waals surface area contributed by atoms with E-state index in [4.69, 9.17) is 0 Å². The third kappa shape index (κ3) is 6.62. The molecule has 2 rings (SSSR count). The summed E-state index contributed by atoms with van der Waals surface area (Å²) in [7, 11) is 4.24. The second-order valence-corrected chi connectivity index (χ2v) is 7.83. The Morgan fingerprint density at radius 3 is 1.15 bits per heavy atom. The number of rotatable bonds is 13. The van der Waals surface area contributed by atoms with E-state index in [1.807, 2.05) is 0 Å². The van der Waals surface area contributed by atoms with E-state index in [2.05, 4.69) is 71.0 Å². The lowest BCUT2D eigenvalue weighted by Gasteiger charge is -2.03. The highest BCUT2D eigenvalue weighted by atomic mass is 15.1. The van der Waals surface area contributed by atoms with Crippen LogP contribution in [0.15, 0.2) is 24.8 Å². The SMILES string of the molecule is Cc1n(CCCCCCCCCCCCn2cc[n+](C)c2C)cc[n+]1C. The molecule has 0 N–H and O–H groups in total. The zero-order chi connectivity index (χ0) is 18.8. The molecule has 0 aromatic carbocycles. The van der Waals surface area contributed by atoms with Crippen molar-refractivity contribution >= 4 is 0 Å². The van der Waals surface area contributed by atoms with Crippen LogP contribution in [0.25, 0.3) is 0 Å². The fourth-order valence-electron chi connectivity index (χ4n) is 3.65. The quantitative estimate of drug-likeness (QED) is 0.377. The molecule has 2 aromatic heterocycles. The van der Waals surface area contributed by atoms with Crippen LogP contribution in [0.5, 0.6) is 0 Å². The van der Waals surface area contributed by atoms with E-state index in [1.54, 1.807) is 0 Å². The molecule has 0 spiro atoms. The highest BCUT2D eigenvalue weighted by Gasteiger charge is 2.08. The second-order valence-electron chi connectivity index (χ2n) is 7.83. The summed E-state index contributed by atoms with van der Waals surface area (Å²) < 4.78 is 9.13. The Kier molecular flexibility index (Phi) is 8.93. The van der Waals surface area contributed by atoms with Crippen molar-refractivity contribution in [3.63, 3.8) is 0 Å². The van der Waals surface area contributed by atoms with E-state index in [1.165, 1.54) is 88.9 Å². The predicted molar refractivity (Wildman–Crippen MR) is 107 cm³/mol. The van der Waals surface area contributed by atoms with Crippen molar-refractivity contribution in [2.75, 3.05) is 0 Å². The maximum Gasteiger partial charge on any atom is 0.253 e. The van der Waals surface area contributed by atoms with Crippen LogP contribution in [0.1, 0.15) is 75.9 Å². The molecule has 2 heterocycles. The van der Waals surface area contributed by atoms with E-state index in [-0.39, 0.29) is 0 Å². The average molecular weight is 361 g/mol. The molecule has 0 saturated heterocycles. The first kappa shape index (κ1) is 20.7. The van der Waals surface area contributed by atoms with Crippen molar-refractivity contribution in [2.24, 2.45) is 14.1 Å². The maximum absolute atomic E-state index is 2.37. The minimum absolute atomic E-state index is 1.17. The van der Waals surface area contributed by atoms with E-state index in [9.17, 15) is 0 Å². The van der Waals surface area contributed by atoms with Gasteiger partial charge in [0.2, 0.25) is 0 Å². The molecule has 0 saturated carbocycles. The van der Waals surface area contributed by atoms with Gasteiger partial charge < -0.3 is 0 Å². The summed E-state index contributed by atoms with van der Waals surface area (Å²) in [4.78, 5) is 0. The van der Waals surface area contributed by atoms with Crippen LogP contribution >= 0.6 is 0 Å². The summed E-state index contributed by atoms with van der Waals surface area (Å²) in [5.41, 5.74) is 0. The molecule has 0 aliphatic carbocycles. The molecule has 0 amide bonds. The van der Waals surface area contributed by atoms with Gasteiger partial charge in [-0.25, -0.2) is 18.3 Å². The van der Waals surface area contributed by atoms with Gasteiger partial charge in [0.1, 0.15) is 24.8 Å². The van der Waals surface area contributed by atoms with Gasteiger partial charge in [0.25, 0.3) is 11.6 Å². The topological polar surface area (TPSA) is 17.6 Å². The van der Waals surface area contributed by atoms with Gasteiger partial charge in [0, 0.05) is 13.8 Å². The molecule has 2 aromatic rings. The number of nitrogens with zero attached hydrogens (tertiary/aromatic N) is 4. The van der Waals surface area contributed by atoms with Crippen LogP contribution in [0.3, 0.4) is 0 Å². The molecule has 4 nitrogen and oxygen atoms in total. The standard InChI is InChI=1S/C22H40N4/c1-21-23(3)17-19-25(21)15-13-11-9-7-5-6-8-10-12-14-16-26-20-18-24(4)22(26)2/h17-20H,5-16H2,1-4H3/q+2. The smallest absolute Gasteiger partial charge is 0.237 e. The van der Waals surface area contributed by atoms with Crippen LogP contribution < -0.4 is 9.13 Å². The van der Waals surface area contributed by atoms with E-state index >= 15 is 0 Å². The second kappa shape index (κ2) is 11.2. The summed E-state index contributed by atoms with van der Waals surface area (Å²) in [5.74, 6) is 2.71. The molecule has 26 heavy (non-hydrogen) atoms. The highest BCUT2D eigenvalue weighted by Crippen LogP contribution is 2.12. The number of hydrogen-bond donors (Lipinski definition) is 0. The van der Waals surface area contributed by atoms with E-state index in [0.29, 0.717) is 0 Å². The first-order valence-electron chi connectivity index (χ1n) is 10.6. The third-order valence-electron chi connectivity index (χ3n) is 5.84. The molecular formula is C22H40N4+2. The minimum atomic E-state index is 1.17. The first-order chi connectivity index (χ1) is 12.6. The van der Waals surface area contributed by atoms with Gasteiger partial charge >= 0.3 is 0 Å². The Labute approximate surface area is 160 Å². The number of aromatic nitrogens is 4. The summed E-state index contributed by atoms with van der Waals surface area (Å²) in [6.45, 7) is 6.73. The van der Waals surface area contributed by atoms with Crippen LogP contribution in [0.2, 0.25) is 0 Å². The maximum atomic E-state index is 2.37. The molecule has 0 bridgehead atoms. The summed E-state index contributed by atoms with van der Waals surface area (Å²) >= 11 is 0. The van der Waals surface area contributed by atoms with E-state index < -0.39 is 0 Å². The van der Waals surface area contributed by atoms with E-state index in [0.717, 1.165) is 0 Å². The van der Waals surface area contributed by atoms with Crippen molar-refractivity contribution < 1.29 is 9.13 Å². The summed E-state index contributed by atoms with van der Waals surface area (Å²) in [5, 5.41) is 0. The number of imidazole rings is 2. The van der Waals surface area contributed by atoms with Gasteiger partial charge in [-0.05, 0) is 25.7 Å². The van der Waals surface area contributed by atoms with Crippen molar-refractivity contribution in [1.29, 1.82) is 0 Å². The highest BCUT2D eigenvalue weighted by molar-refractivity contribution is 4.79. The Balaban J connectivity index is 1.37. The number of unbranched alkanes of at least 4 members (excludes halogenated alkanes) is 9. The monoisotopic (exact) mass is 360 g/mol. The van der Waals surface area contributed by atoms with Crippen molar-refractivity contribution in [2.45, 2.75) is 91.1 Å². The zero-order valence-corrected chi connectivity index (χ0v) is 17.6. The summed E-state index contributed by atoms with van der Waals surface area (Å²) in [6, 6.07) is 0. The van der Waals surface area contributed by atoms with Crippen LogP contribution in [0.4, 0.5) is 0 Å². The lowest BCUT2D eigenvalue weighted by atomic mass is 10.1. The number of aryl methyl sites for hydroxylation is 4. The number of hydrogen-bond acceptors (Lipinski definition) is 0. The first-order valence-corrected chi connectivity index (χ1v) is 10.6. The Morgan fingerprint density at radius 1 is 0.577 bits per heavy atom. The van der Waals surface area contributed by atoms with Crippen LogP contribution in [0, 0.1) is 13.8 Å². The van der Waals surface area contributed by atoms with Gasteiger partial charge in [-0.1, -0.05) is 38.5 Å². The normalized spacial score (nSPS) is 11.4. The van der Waals surface area contributed by atoms with Gasteiger partial charge in [-0.2, -0.15) is 0 Å². The minimum Gasteiger partial charge on any atom is -0.237 e. The largest absolute Gasteiger partial charge is 0.253 e.